The van der Waals surface area contributed by atoms with Crippen molar-refractivity contribution in [2.75, 3.05) is 6.61 Å². The second-order valence-corrected chi connectivity index (χ2v) is 6.43. The number of rotatable bonds is 2. The van der Waals surface area contributed by atoms with Crippen LogP contribution in [0.5, 0.6) is 0 Å². The van der Waals surface area contributed by atoms with Crippen molar-refractivity contribution in [1.82, 2.24) is 0 Å². The molecule has 2 N–H and O–H groups in total. The van der Waals surface area contributed by atoms with Crippen molar-refractivity contribution in [2.45, 2.75) is 52.1 Å². The maximum absolute atomic E-state index is 9.87. The molecule has 2 rings (SSSR count). The summed E-state index contributed by atoms with van der Waals surface area (Å²) < 4.78 is 0. The number of hydrogen-bond donors (Lipinski definition) is 2. The first kappa shape index (κ1) is 13.1. The Hall–Kier alpha value is -0.340. The molecule has 98 valence electrons. The van der Waals surface area contributed by atoms with E-state index in [0.717, 1.165) is 12.8 Å². The van der Waals surface area contributed by atoms with Crippen LogP contribution in [0.3, 0.4) is 0 Å². The molecule has 0 aromatic rings. The summed E-state index contributed by atoms with van der Waals surface area (Å²) in [6, 6.07) is 0. The Balaban J connectivity index is 2.19. The van der Waals surface area contributed by atoms with Crippen LogP contribution in [-0.4, -0.2) is 22.9 Å². The van der Waals surface area contributed by atoms with Crippen molar-refractivity contribution in [3.8, 4) is 0 Å². The summed E-state index contributed by atoms with van der Waals surface area (Å²) in [7, 11) is 0. The zero-order chi connectivity index (χ0) is 12.6. The molecule has 0 aromatic carbocycles. The number of hydrogen-bond acceptors (Lipinski definition) is 2. The minimum absolute atomic E-state index is 0.211. The molecule has 2 saturated carbocycles. The summed E-state index contributed by atoms with van der Waals surface area (Å²) in [5, 5.41) is 19.5. The molecular weight excluding hydrogens is 212 g/mol. The maximum atomic E-state index is 9.87. The standard InChI is InChI=1S/C15H26O2/c1-10(2)12-4-5-15(8-12)11(3)6-14(17)7-13(15)9-16/h11-14,16-17H,1,4-9H2,2-3H3/t11-,12+,13-,14+,15-/m1/s1. The van der Waals surface area contributed by atoms with Gasteiger partial charge in [-0.1, -0.05) is 19.1 Å². The molecule has 1 spiro atoms. The van der Waals surface area contributed by atoms with Crippen molar-refractivity contribution in [2.24, 2.45) is 23.2 Å². The second kappa shape index (κ2) is 4.74. The SMILES string of the molecule is C=C(C)[C@H]1CC[C@]2(C1)[C@@H](CO)C[C@@H](O)C[C@H]2C. The van der Waals surface area contributed by atoms with Gasteiger partial charge in [-0.05, 0) is 62.2 Å². The molecule has 2 heteroatoms. The van der Waals surface area contributed by atoms with Crippen molar-refractivity contribution >= 4 is 0 Å². The number of allylic oxidation sites excluding steroid dienone is 1. The first-order valence-electron chi connectivity index (χ1n) is 6.94. The molecular formula is C15H26O2. The number of aliphatic hydroxyl groups excluding tert-OH is 2. The third kappa shape index (κ3) is 2.17. The van der Waals surface area contributed by atoms with E-state index in [-0.39, 0.29) is 24.0 Å². The minimum Gasteiger partial charge on any atom is -0.396 e. The molecule has 2 fully saturated rings. The first-order valence-corrected chi connectivity index (χ1v) is 6.94. The van der Waals surface area contributed by atoms with E-state index in [2.05, 4.69) is 20.4 Å². The van der Waals surface area contributed by atoms with Crippen LogP contribution in [0.15, 0.2) is 12.2 Å². The number of aliphatic hydroxyl groups is 2. The van der Waals surface area contributed by atoms with Gasteiger partial charge in [0.05, 0.1) is 6.10 Å². The monoisotopic (exact) mass is 238 g/mol. The lowest BCUT2D eigenvalue weighted by atomic mass is 9.58. The van der Waals surface area contributed by atoms with E-state index in [1.807, 2.05) is 0 Å². The Morgan fingerprint density at radius 3 is 2.65 bits per heavy atom. The summed E-state index contributed by atoms with van der Waals surface area (Å²) in [5.74, 6) is 1.43. The molecule has 0 amide bonds. The Kier molecular flexibility index (Phi) is 3.65. The highest BCUT2D eigenvalue weighted by atomic mass is 16.3. The average molecular weight is 238 g/mol. The van der Waals surface area contributed by atoms with Gasteiger partial charge in [0.2, 0.25) is 0 Å². The van der Waals surface area contributed by atoms with E-state index >= 15 is 0 Å². The highest BCUT2D eigenvalue weighted by Gasteiger charge is 2.51. The van der Waals surface area contributed by atoms with Crippen molar-refractivity contribution < 1.29 is 10.2 Å². The molecule has 0 bridgehead atoms. The van der Waals surface area contributed by atoms with Gasteiger partial charge in [0, 0.05) is 6.61 Å². The van der Waals surface area contributed by atoms with Crippen LogP contribution in [0, 0.1) is 23.2 Å². The second-order valence-electron chi connectivity index (χ2n) is 6.43. The molecule has 5 atom stereocenters. The lowest BCUT2D eigenvalue weighted by Gasteiger charge is -2.48. The normalized spacial score (nSPS) is 46.4. The predicted octanol–water partition coefficient (Wildman–Crippen LogP) is 2.75. The predicted molar refractivity (Wildman–Crippen MR) is 69.6 cm³/mol. The van der Waals surface area contributed by atoms with Gasteiger partial charge in [-0.3, -0.25) is 0 Å². The van der Waals surface area contributed by atoms with Crippen LogP contribution < -0.4 is 0 Å². The van der Waals surface area contributed by atoms with Crippen molar-refractivity contribution in [3.05, 3.63) is 12.2 Å². The zero-order valence-electron chi connectivity index (χ0n) is 11.2. The summed E-state index contributed by atoms with van der Waals surface area (Å²) in [6.07, 6.45) is 5.05. The van der Waals surface area contributed by atoms with E-state index < -0.39 is 0 Å². The van der Waals surface area contributed by atoms with Crippen LogP contribution >= 0.6 is 0 Å². The fraction of sp³-hybridized carbons (Fsp3) is 0.867. The Bertz CT molecular complexity index is 299. The smallest absolute Gasteiger partial charge is 0.0546 e. The third-order valence-corrected chi connectivity index (χ3v) is 5.48. The maximum Gasteiger partial charge on any atom is 0.0546 e. The van der Waals surface area contributed by atoms with Crippen LogP contribution in [0.4, 0.5) is 0 Å². The Morgan fingerprint density at radius 1 is 1.41 bits per heavy atom. The van der Waals surface area contributed by atoms with Gasteiger partial charge in [0.15, 0.2) is 0 Å². The van der Waals surface area contributed by atoms with Crippen LogP contribution in [0.1, 0.15) is 46.0 Å². The van der Waals surface area contributed by atoms with E-state index in [4.69, 9.17) is 0 Å². The Morgan fingerprint density at radius 2 is 2.12 bits per heavy atom. The molecule has 0 unspecified atom stereocenters. The molecule has 0 aliphatic heterocycles. The van der Waals surface area contributed by atoms with Gasteiger partial charge in [0.25, 0.3) is 0 Å². The molecule has 2 aliphatic carbocycles. The molecule has 0 radical (unpaired) electrons. The first-order chi connectivity index (χ1) is 7.99. The largest absolute Gasteiger partial charge is 0.396 e. The van der Waals surface area contributed by atoms with Crippen LogP contribution in [-0.2, 0) is 0 Å². The van der Waals surface area contributed by atoms with Crippen LogP contribution in [0.2, 0.25) is 0 Å². The lowest BCUT2D eigenvalue weighted by molar-refractivity contribution is -0.0552. The van der Waals surface area contributed by atoms with Crippen molar-refractivity contribution in [1.29, 1.82) is 0 Å². The third-order valence-electron chi connectivity index (χ3n) is 5.48. The molecule has 0 saturated heterocycles. The van der Waals surface area contributed by atoms with Gasteiger partial charge >= 0.3 is 0 Å². The van der Waals surface area contributed by atoms with Gasteiger partial charge in [-0.25, -0.2) is 0 Å². The molecule has 0 aromatic heterocycles. The topological polar surface area (TPSA) is 40.5 Å². The fourth-order valence-electron chi connectivity index (χ4n) is 4.31. The van der Waals surface area contributed by atoms with Gasteiger partial charge in [-0.15, -0.1) is 0 Å². The van der Waals surface area contributed by atoms with Gasteiger partial charge in [-0.2, -0.15) is 0 Å². The van der Waals surface area contributed by atoms with E-state index in [0.29, 0.717) is 11.8 Å². The summed E-state index contributed by atoms with van der Waals surface area (Å²) in [4.78, 5) is 0. The quantitative estimate of drug-likeness (QED) is 0.726. The minimum atomic E-state index is -0.211. The van der Waals surface area contributed by atoms with Gasteiger partial charge < -0.3 is 10.2 Å². The lowest BCUT2D eigenvalue weighted by Crippen LogP contribution is -2.44. The van der Waals surface area contributed by atoms with Crippen LogP contribution in [0.25, 0.3) is 0 Å². The van der Waals surface area contributed by atoms with E-state index in [1.54, 1.807) is 0 Å². The highest BCUT2D eigenvalue weighted by molar-refractivity contribution is 5.08. The molecule has 2 aliphatic rings. The zero-order valence-corrected chi connectivity index (χ0v) is 11.2. The summed E-state index contributed by atoms with van der Waals surface area (Å²) >= 11 is 0. The van der Waals surface area contributed by atoms with Crippen molar-refractivity contribution in [3.63, 3.8) is 0 Å². The van der Waals surface area contributed by atoms with E-state index in [9.17, 15) is 10.2 Å². The van der Waals surface area contributed by atoms with Gasteiger partial charge in [0.1, 0.15) is 0 Å². The summed E-state index contributed by atoms with van der Waals surface area (Å²) in [5.41, 5.74) is 1.55. The molecule has 17 heavy (non-hydrogen) atoms. The Labute approximate surface area is 105 Å². The molecule has 2 nitrogen and oxygen atoms in total. The fourth-order valence-corrected chi connectivity index (χ4v) is 4.31. The average Bonchev–Trinajstić information content (AvgIpc) is 2.70. The molecule has 0 heterocycles. The summed E-state index contributed by atoms with van der Waals surface area (Å²) in [6.45, 7) is 8.70. The van der Waals surface area contributed by atoms with E-state index in [1.165, 1.54) is 24.8 Å². The highest BCUT2D eigenvalue weighted by Crippen LogP contribution is 2.58.